The first kappa shape index (κ1) is 15.6. The summed E-state index contributed by atoms with van der Waals surface area (Å²) in [5.41, 5.74) is 0.726. The minimum Gasteiger partial charge on any atom is -0.379 e. The number of nitro benzene ring substituents is 1. The van der Waals surface area contributed by atoms with E-state index in [-0.39, 0.29) is 5.69 Å². The van der Waals surface area contributed by atoms with Crippen molar-refractivity contribution in [2.45, 2.75) is 13.0 Å². The Morgan fingerprint density at radius 1 is 1.39 bits per heavy atom. The SMILES string of the molecule is CC(CNc1ncnc2ccc([N+](=O)[O-])cc12)N1CCOCC1. The molecule has 0 spiro atoms. The Labute approximate surface area is 133 Å². The molecule has 1 fully saturated rings. The summed E-state index contributed by atoms with van der Waals surface area (Å²) < 4.78 is 5.36. The van der Waals surface area contributed by atoms with Crippen molar-refractivity contribution in [2.24, 2.45) is 0 Å². The number of morpholine rings is 1. The Balaban J connectivity index is 1.76. The molecule has 8 nitrogen and oxygen atoms in total. The van der Waals surface area contributed by atoms with Gasteiger partial charge < -0.3 is 10.1 Å². The molecule has 2 heterocycles. The molecule has 3 rings (SSSR count). The van der Waals surface area contributed by atoms with Gasteiger partial charge in [0.2, 0.25) is 0 Å². The van der Waals surface area contributed by atoms with E-state index >= 15 is 0 Å². The van der Waals surface area contributed by atoms with E-state index in [0.29, 0.717) is 29.3 Å². The van der Waals surface area contributed by atoms with Gasteiger partial charge in [0, 0.05) is 43.2 Å². The highest BCUT2D eigenvalue weighted by Crippen LogP contribution is 2.24. The normalized spacial score (nSPS) is 17.1. The first-order valence-electron chi connectivity index (χ1n) is 7.60. The zero-order chi connectivity index (χ0) is 16.2. The van der Waals surface area contributed by atoms with Crippen molar-refractivity contribution in [1.29, 1.82) is 0 Å². The fraction of sp³-hybridized carbons (Fsp3) is 0.467. The number of hydrogen-bond donors (Lipinski definition) is 1. The van der Waals surface area contributed by atoms with Crippen LogP contribution in [0.4, 0.5) is 11.5 Å². The molecule has 1 saturated heterocycles. The van der Waals surface area contributed by atoms with Crippen molar-refractivity contribution >= 4 is 22.4 Å². The molecule has 0 saturated carbocycles. The van der Waals surface area contributed by atoms with Crippen LogP contribution in [0, 0.1) is 10.1 Å². The number of non-ortho nitro benzene ring substituents is 1. The molecule has 1 atom stereocenters. The molecule has 1 aliphatic heterocycles. The molecule has 8 heteroatoms. The van der Waals surface area contributed by atoms with Gasteiger partial charge in [0.05, 0.1) is 23.7 Å². The van der Waals surface area contributed by atoms with Crippen molar-refractivity contribution < 1.29 is 9.66 Å². The van der Waals surface area contributed by atoms with Gasteiger partial charge in [0.1, 0.15) is 12.1 Å². The number of fused-ring (bicyclic) bond motifs is 1. The number of rotatable bonds is 5. The average molecular weight is 317 g/mol. The number of nitro groups is 1. The Kier molecular flexibility index (Phi) is 4.63. The summed E-state index contributed by atoms with van der Waals surface area (Å²) in [5.74, 6) is 0.624. The van der Waals surface area contributed by atoms with E-state index in [2.05, 4.69) is 27.1 Å². The quantitative estimate of drug-likeness (QED) is 0.662. The third-order valence-electron chi connectivity index (χ3n) is 4.06. The number of ether oxygens (including phenoxy) is 1. The highest BCUT2D eigenvalue weighted by molar-refractivity contribution is 5.90. The largest absolute Gasteiger partial charge is 0.379 e. The second-order valence-electron chi connectivity index (χ2n) is 5.56. The smallest absolute Gasteiger partial charge is 0.270 e. The maximum absolute atomic E-state index is 11.0. The van der Waals surface area contributed by atoms with Crippen LogP contribution in [-0.2, 0) is 4.74 Å². The third-order valence-corrected chi connectivity index (χ3v) is 4.06. The summed E-state index contributed by atoms with van der Waals surface area (Å²) in [6.07, 6.45) is 1.47. The fourth-order valence-corrected chi connectivity index (χ4v) is 2.69. The average Bonchev–Trinajstić information content (AvgIpc) is 2.59. The Bertz CT molecular complexity index is 703. The van der Waals surface area contributed by atoms with Crippen molar-refractivity contribution in [3.8, 4) is 0 Å². The van der Waals surface area contributed by atoms with Gasteiger partial charge in [-0.05, 0) is 13.0 Å². The zero-order valence-corrected chi connectivity index (χ0v) is 12.9. The molecule has 0 radical (unpaired) electrons. The van der Waals surface area contributed by atoms with Crippen LogP contribution in [-0.4, -0.2) is 58.7 Å². The van der Waals surface area contributed by atoms with Crippen LogP contribution in [0.15, 0.2) is 24.5 Å². The highest BCUT2D eigenvalue weighted by Gasteiger charge is 2.17. The van der Waals surface area contributed by atoms with Gasteiger partial charge in [0.25, 0.3) is 5.69 Å². The molecule has 0 amide bonds. The first-order valence-corrected chi connectivity index (χ1v) is 7.60. The van der Waals surface area contributed by atoms with Crippen molar-refractivity contribution in [3.63, 3.8) is 0 Å². The number of nitrogens with one attached hydrogen (secondary N) is 1. The summed E-state index contributed by atoms with van der Waals surface area (Å²) in [5, 5.41) is 14.9. The minimum absolute atomic E-state index is 0.0385. The summed E-state index contributed by atoms with van der Waals surface area (Å²) in [6.45, 7) is 6.19. The number of nitrogens with zero attached hydrogens (tertiary/aromatic N) is 4. The number of hydrogen-bond acceptors (Lipinski definition) is 7. The van der Waals surface area contributed by atoms with Crippen LogP contribution in [0.2, 0.25) is 0 Å². The van der Waals surface area contributed by atoms with Gasteiger partial charge >= 0.3 is 0 Å². The van der Waals surface area contributed by atoms with E-state index in [0.717, 1.165) is 26.3 Å². The fourth-order valence-electron chi connectivity index (χ4n) is 2.69. The number of aromatic nitrogens is 2. The molecule has 23 heavy (non-hydrogen) atoms. The first-order chi connectivity index (χ1) is 11.1. The van der Waals surface area contributed by atoms with E-state index in [4.69, 9.17) is 4.74 Å². The van der Waals surface area contributed by atoms with Gasteiger partial charge in [-0.25, -0.2) is 9.97 Å². The number of benzene rings is 1. The van der Waals surface area contributed by atoms with Gasteiger partial charge in [0.15, 0.2) is 0 Å². The van der Waals surface area contributed by atoms with E-state index in [1.54, 1.807) is 6.07 Å². The number of anilines is 1. The van der Waals surface area contributed by atoms with Gasteiger partial charge in [-0.1, -0.05) is 0 Å². The lowest BCUT2D eigenvalue weighted by atomic mass is 10.2. The Morgan fingerprint density at radius 3 is 2.91 bits per heavy atom. The van der Waals surface area contributed by atoms with Crippen molar-refractivity contribution in [2.75, 3.05) is 38.2 Å². The maximum atomic E-state index is 11.0. The molecular formula is C15H19N5O3. The molecule has 1 N–H and O–H groups in total. The summed E-state index contributed by atoms with van der Waals surface area (Å²) in [6, 6.07) is 4.93. The summed E-state index contributed by atoms with van der Waals surface area (Å²) >= 11 is 0. The third kappa shape index (κ3) is 3.54. The highest BCUT2D eigenvalue weighted by atomic mass is 16.6. The van der Waals surface area contributed by atoms with Gasteiger partial charge in [-0.2, -0.15) is 0 Å². The lowest BCUT2D eigenvalue weighted by molar-refractivity contribution is -0.384. The van der Waals surface area contributed by atoms with Crippen LogP contribution in [0.3, 0.4) is 0 Å². The molecule has 1 aromatic carbocycles. The van der Waals surface area contributed by atoms with Crippen LogP contribution in [0.25, 0.3) is 10.9 Å². The van der Waals surface area contributed by atoms with Crippen LogP contribution >= 0.6 is 0 Å². The van der Waals surface area contributed by atoms with E-state index < -0.39 is 4.92 Å². The maximum Gasteiger partial charge on any atom is 0.270 e. The molecule has 1 aliphatic rings. The van der Waals surface area contributed by atoms with Crippen LogP contribution in [0.1, 0.15) is 6.92 Å². The zero-order valence-electron chi connectivity index (χ0n) is 12.9. The standard InChI is InChI=1S/C15H19N5O3/c1-11(19-4-6-23-7-5-19)9-16-15-13-8-12(20(21)22)2-3-14(13)17-10-18-15/h2-3,8,10-11H,4-7,9H2,1H3,(H,16,17,18). The summed E-state index contributed by atoms with van der Waals surface area (Å²) in [7, 11) is 0. The van der Waals surface area contributed by atoms with Crippen LogP contribution in [0.5, 0.6) is 0 Å². The second kappa shape index (κ2) is 6.84. The lowest BCUT2D eigenvalue weighted by Crippen LogP contribution is -2.45. The Hall–Kier alpha value is -2.32. The summed E-state index contributed by atoms with van der Waals surface area (Å²) in [4.78, 5) is 21.3. The molecular weight excluding hydrogens is 298 g/mol. The Morgan fingerprint density at radius 2 is 2.17 bits per heavy atom. The van der Waals surface area contributed by atoms with Gasteiger partial charge in [-0.3, -0.25) is 15.0 Å². The molecule has 0 aliphatic carbocycles. The van der Waals surface area contributed by atoms with E-state index in [1.807, 2.05) is 0 Å². The predicted octanol–water partition coefficient (Wildman–Crippen LogP) is 1.67. The molecule has 122 valence electrons. The predicted molar refractivity (Wildman–Crippen MR) is 86.5 cm³/mol. The minimum atomic E-state index is -0.410. The van der Waals surface area contributed by atoms with Crippen LogP contribution < -0.4 is 5.32 Å². The van der Waals surface area contributed by atoms with Crippen molar-refractivity contribution in [3.05, 3.63) is 34.6 Å². The molecule has 1 aromatic heterocycles. The topological polar surface area (TPSA) is 93.4 Å². The monoisotopic (exact) mass is 317 g/mol. The van der Waals surface area contributed by atoms with E-state index in [9.17, 15) is 10.1 Å². The van der Waals surface area contributed by atoms with Gasteiger partial charge in [-0.15, -0.1) is 0 Å². The molecule has 0 bridgehead atoms. The lowest BCUT2D eigenvalue weighted by Gasteiger charge is -2.32. The molecule has 1 unspecified atom stereocenters. The second-order valence-corrected chi connectivity index (χ2v) is 5.56. The van der Waals surface area contributed by atoms with Crippen molar-refractivity contribution in [1.82, 2.24) is 14.9 Å². The van der Waals surface area contributed by atoms with E-state index in [1.165, 1.54) is 18.5 Å². The molecule has 2 aromatic rings.